The zero-order valence-electron chi connectivity index (χ0n) is 12.8. The van der Waals surface area contributed by atoms with Gasteiger partial charge in [0.1, 0.15) is 11.4 Å². The van der Waals surface area contributed by atoms with E-state index >= 15 is 0 Å². The third-order valence-electron chi connectivity index (χ3n) is 4.32. The van der Waals surface area contributed by atoms with E-state index in [1.165, 1.54) is 0 Å². The summed E-state index contributed by atoms with van der Waals surface area (Å²) < 4.78 is 10.9. The van der Waals surface area contributed by atoms with Crippen molar-refractivity contribution in [2.75, 3.05) is 7.11 Å². The maximum absolute atomic E-state index is 11.7. The molecule has 112 valence electrons. The van der Waals surface area contributed by atoms with Crippen LogP contribution in [0.1, 0.15) is 58.2 Å². The first-order valence-corrected chi connectivity index (χ1v) is 7.38. The summed E-state index contributed by atoms with van der Waals surface area (Å²) in [6.45, 7) is 6.00. The minimum absolute atomic E-state index is 0.0164. The molecule has 1 aromatic heterocycles. The predicted molar refractivity (Wildman–Crippen MR) is 74.2 cm³/mol. The van der Waals surface area contributed by atoms with Crippen LogP contribution in [0.25, 0.3) is 0 Å². The van der Waals surface area contributed by atoms with Gasteiger partial charge in [-0.3, -0.25) is 4.79 Å². The number of carbonyl (C=O) groups is 1. The van der Waals surface area contributed by atoms with Crippen molar-refractivity contribution in [1.82, 2.24) is 10.1 Å². The van der Waals surface area contributed by atoms with Crippen molar-refractivity contribution >= 4 is 5.78 Å². The Morgan fingerprint density at radius 2 is 2.10 bits per heavy atom. The third kappa shape index (κ3) is 3.08. The van der Waals surface area contributed by atoms with Crippen LogP contribution in [0.4, 0.5) is 0 Å². The van der Waals surface area contributed by atoms with Crippen LogP contribution in [-0.2, 0) is 21.6 Å². The Balaban J connectivity index is 2.12. The second-order valence-electron chi connectivity index (χ2n) is 6.19. The number of rotatable bonds is 5. The van der Waals surface area contributed by atoms with Crippen LogP contribution in [-0.4, -0.2) is 23.0 Å². The number of carbonyl (C=O) groups excluding carboxylic acids is 1. The molecule has 0 amide bonds. The molecule has 2 rings (SSSR count). The van der Waals surface area contributed by atoms with E-state index < -0.39 is 5.60 Å². The van der Waals surface area contributed by atoms with Crippen LogP contribution in [0.3, 0.4) is 0 Å². The summed E-state index contributed by atoms with van der Waals surface area (Å²) in [5, 5.41) is 4.06. The monoisotopic (exact) mass is 280 g/mol. The average Bonchev–Trinajstić information content (AvgIpc) is 2.89. The molecule has 0 bridgehead atoms. The van der Waals surface area contributed by atoms with E-state index in [1.54, 1.807) is 7.11 Å². The van der Waals surface area contributed by atoms with Gasteiger partial charge < -0.3 is 9.26 Å². The molecule has 0 radical (unpaired) electrons. The van der Waals surface area contributed by atoms with Crippen molar-refractivity contribution < 1.29 is 14.1 Å². The van der Waals surface area contributed by atoms with Gasteiger partial charge >= 0.3 is 0 Å². The molecule has 1 fully saturated rings. The first-order valence-electron chi connectivity index (χ1n) is 7.38. The second-order valence-corrected chi connectivity index (χ2v) is 6.19. The summed E-state index contributed by atoms with van der Waals surface area (Å²) in [5.41, 5.74) is -0.435. The molecule has 20 heavy (non-hydrogen) atoms. The number of ketones is 1. The molecule has 5 nitrogen and oxygen atoms in total. The highest BCUT2D eigenvalue weighted by Crippen LogP contribution is 2.40. The Morgan fingerprint density at radius 1 is 1.45 bits per heavy atom. The van der Waals surface area contributed by atoms with Gasteiger partial charge in [-0.25, -0.2) is 0 Å². The van der Waals surface area contributed by atoms with E-state index in [1.807, 2.05) is 13.8 Å². The maximum Gasteiger partial charge on any atom is 0.234 e. The van der Waals surface area contributed by atoms with E-state index in [9.17, 15) is 4.79 Å². The highest BCUT2D eigenvalue weighted by Gasteiger charge is 2.40. The van der Waals surface area contributed by atoms with E-state index in [0.717, 1.165) is 25.7 Å². The summed E-state index contributed by atoms with van der Waals surface area (Å²) in [6, 6.07) is 0. The molecule has 0 atom stereocenters. The summed E-state index contributed by atoms with van der Waals surface area (Å²) in [4.78, 5) is 16.1. The minimum atomic E-state index is -0.435. The lowest BCUT2D eigenvalue weighted by Crippen LogP contribution is -2.34. The van der Waals surface area contributed by atoms with Crippen molar-refractivity contribution in [2.24, 2.45) is 11.8 Å². The molecule has 0 spiro atoms. The van der Waals surface area contributed by atoms with Crippen LogP contribution in [0, 0.1) is 11.8 Å². The first kappa shape index (κ1) is 15.2. The van der Waals surface area contributed by atoms with E-state index in [0.29, 0.717) is 17.6 Å². The minimum Gasteiger partial charge on any atom is -0.370 e. The topological polar surface area (TPSA) is 65.2 Å². The molecule has 1 aromatic rings. The number of ether oxygens (including phenoxy) is 1. The molecule has 0 aliphatic heterocycles. The maximum atomic E-state index is 11.7. The largest absolute Gasteiger partial charge is 0.370 e. The lowest BCUT2D eigenvalue weighted by molar-refractivity contribution is -0.121. The van der Waals surface area contributed by atoms with Gasteiger partial charge in [-0.15, -0.1) is 0 Å². The SMILES string of the molecule is COC1(c2noc(CC(=O)C(C)C)n2)CCC(C)CC1. The number of hydrogen-bond donors (Lipinski definition) is 0. The smallest absolute Gasteiger partial charge is 0.234 e. The molecule has 1 aliphatic carbocycles. The van der Waals surface area contributed by atoms with Gasteiger partial charge in [0.15, 0.2) is 0 Å². The number of aromatic nitrogens is 2. The van der Waals surface area contributed by atoms with Crippen molar-refractivity contribution in [2.45, 2.75) is 58.5 Å². The molecule has 0 aromatic carbocycles. The Kier molecular flexibility index (Phi) is 4.58. The molecule has 0 saturated heterocycles. The number of hydrogen-bond acceptors (Lipinski definition) is 5. The zero-order chi connectivity index (χ0) is 14.8. The third-order valence-corrected chi connectivity index (χ3v) is 4.32. The highest BCUT2D eigenvalue weighted by atomic mass is 16.5. The molecule has 0 unspecified atom stereocenters. The van der Waals surface area contributed by atoms with Gasteiger partial charge in [-0.1, -0.05) is 25.9 Å². The van der Waals surface area contributed by atoms with Gasteiger partial charge in [0.05, 0.1) is 6.42 Å². The van der Waals surface area contributed by atoms with E-state index in [-0.39, 0.29) is 18.1 Å². The number of Topliss-reactive ketones (excluding diaryl/α,β-unsaturated/α-hetero) is 1. The normalized spacial score (nSPS) is 26.9. The predicted octanol–water partition coefficient (Wildman–Crippen LogP) is 2.89. The second kappa shape index (κ2) is 6.04. The first-order chi connectivity index (χ1) is 9.47. The fourth-order valence-corrected chi connectivity index (χ4v) is 2.61. The van der Waals surface area contributed by atoms with Gasteiger partial charge in [-0.05, 0) is 31.6 Å². The Bertz CT molecular complexity index is 459. The molecule has 1 heterocycles. The van der Waals surface area contributed by atoms with Gasteiger partial charge in [0, 0.05) is 13.0 Å². The van der Waals surface area contributed by atoms with Crippen LogP contribution in [0.5, 0.6) is 0 Å². The highest BCUT2D eigenvalue weighted by molar-refractivity contribution is 5.81. The van der Waals surface area contributed by atoms with Crippen LogP contribution in [0.15, 0.2) is 4.52 Å². The Labute approximate surface area is 120 Å². The molecule has 1 saturated carbocycles. The quantitative estimate of drug-likeness (QED) is 0.829. The van der Waals surface area contributed by atoms with E-state index in [2.05, 4.69) is 17.1 Å². The lowest BCUT2D eigenvalue weighted by Gasteiger charge is -2.35. The molecular weight excluding hydrogens is 256 g/mol. The molecule has 0 N–H and O–H groups in total. The molecular formula is C15H24N2O3. The lowest BCUT2D eigenvalue weighted by atomic mass is 9.79. The molecule has 5 heteroatoms. The Morgan fingerprint density at radius 3 is 2.65 bits per heavy atom. The zero-order valence-corrected chi connectivity index (χ0v) is 12.8. The Hall–Kier alpha value is -1.23. The van der Waals surface area contributed by atoms with Gasteiger partial charge in [-0.2, -0.15) is 4.98 Å². The van der Waals surface area contributed by atoms with Crippen LogP contribution < -0.4 is 0 Å². The average molecular weight is 280 g/mol. The van der Waals surface area contributed by atoms with Crippen LogP contribution in [0.2, 0.25) is 0 Å². The summed E-state index contributed by atoms with van der Waals surface area (Å²) in [7, 11) is 1.70. The van der Waals surface area contributed by atoms with E-state index in [4.69, 9.17) is 9.26 Å². The summed E-state index contributed by atoms with van der Waals surface area (Å²) in [6.07, 6.45) is 4.22. The fourth-order valence-electron chi connectivity index (χ4n) is 2.61. The van der Waals surface area contributed by atoms with Gasteiger partial charge in [0.2, 0.25) is 11.7 Å². The van der Waals surface area contributed by atoms with Crippen LogP contribution >= 0.6 is 0 Å². The summed E-state index contributed by atoms with van der Waals surface area (Å²) in [5.74, 6) is 1.81. The number of nitrogens with zero attached hydrogens (tertiary/aromatic N) is 2. The number of methoxy groups -OCH3 is 1. The van der Waals surface area contributed by atoms with Crippen molar-refractivity contribution in [1.29, 1.82) is 0 Å². The van der Waals surface area contributed by atoms with Crippen molar-refractivity contribution in [3.8, 4) is 0 Å². The fraction of sp³-hybridized carbons (Fsp3) is 0.800. The van der Waals surface area contributed by atoms with Crippen molar-refractivity contribution in [3.05, 3.63) is 11.7 Å². The standard InChI is InChI=1S/C15H24N2O3/c1-10(2)12(18)9-13-16-14(17-20-13)15(19-4)7-5-11(3)6-8-15/h10-11H,5-9H2,1-4H3. The molecule has 1 aliphatic rings. The van der Waals surface area contributed by atoms with Crippen molar-refractivity contribution in [3.63, 3.8) is 0 Å². The van der Waals surface area contributed by atoms with Gasteiger partial charge in [0.25, 0.3) is 0 Å². The summed E-state index contributed by atoms with van der Waals surface area (Å²) >= 11 is 0.